The van der Waals surface area contributed by atoms with Crippen molar-refractivity contribution in [2.45, 2.75) is 207 Å². The molecule has 0 aromatic rings. The number of carbonyl (C=O) groups excluding carboxylic acids is 3. The molecule has 374 valence electrons. The Hall–Kier alpha value is -4.71. The van der Waals surface area contributed by atoms with Crippen LogP contribution in [0.2, 0.25) is 0 Å². The number of hydrogen-bond donors (Lipinski definition) is 0. The van der Waals surface area contributed by atoms with Crippen LogP contribution in [0, 0.1) is 0 Å². The van der Waals surface area contributed by atoms with Gasteiger partial charge in [-0.05, 0) is 103 Å². The van der Waals surface area contributed by atoms with Crippen molar-refractivity contribution in [3.8, 4) is 0 Å². The lowest BCUT2D eigenvalue weighted by molar-refractivity contribution is -0.167. The molecule has 0 aliphatic rings. The highest BCUT2D eigenvalue weighted by atomic mass is 16.6. The summed E-state index contributed by atoms with van der Waals surface area (Å²) in [5, 5.41) is 0. The molecule has 67 heavy (non-hydrogen) atoms. The maximum atomic E-state index is 12.8. The summed E-state index contributed by atoms with van der Waals surface area (Å²) in [6, 6.07) is 0. The quantitative estimate of drug-likeness (QED) is 0.0199. The van der Waals surface area contributed by atoms with Gasteiger partial charge in [0.1, 0.15) is 13.2 Å². The number of allylic oxidation sites excluding steroid dienone is 24. The monoisotopic (exact) mass is 923 g/mol. The zero-order chi connectivity index (χ0) is 48.6. The Morgan fingerprint density at radius 2 is 0.657 bits per heavy atom. The molecule has 0 saturated carbocycles. The number of rotatable bonds is 45. The van der Waals surface area contributed by atoms with Crippen LogP contribution in [-0.2, 0) is 28.6 Å². The first-order valence-corrected chi connectivity index (χ1v) is 26.4. The van der Waals surface area contributed by atoms with Gasteiger partial charge < -0.3 is 14.2 Å². The minimum Gasteiger partial charge on any atom is -0.462 e. The topological polar surface area (TPSA) is 78.9 Å². The van der Waals surface area contributed by atoms with Crippen LogP contribution in [0.3, 0.4) is 0 Å². The van der Waals surface area contributed by atoms with Crippen molar-refractivity contribution >= 4 is 17.9 Å². The third kappa shape index (κ3) is 52.1. The van der Waals surface area contributed by atoms with E-state index in [4.69, 9.17) is 14.2 Å². The third-order valence-corrected chi connectivity index (χ3v) is 10.5. The predicted molar refractivity (Wildman–Crippen MR) is 288 cm³/mol. The van der Waals surface area contributed by atoms with Gasteiger partial charge in [0.15, 0.2) is 6.10 Å². The van der Waals surface area contributed by atoms with Crippen molar-refractivity contribution in [3.05, 3.63) is 146 Å². The largest absolute Gasteiger partial charge is 0.462 e. The van der Waals surface area contributed by atoms with Gasteiger partial charge in [-0.2, -0.15) is 0 Å². The Bertz CT molecular complexity index is 1530. The van der Waals surface area contributed by atoms with Crippen molar-refractivity contribution in [1.29, 1.82) is 0 Å². The Morgan fingerprint density at radius 1 is 0.328 bits per heavy atom. The van der Waals surface area contributed by atoms with Crippen LogP contribution in [0.25, 0.3) is 0 Å². The number of esters is 3. The molecule has 0 amide bonds. The molecule has 0 aromatic carbocycles. The fourth-order valence-corrected chi connectivity index (χ4v) is 6.57. The van der Waals surface area contributed by atoms with Gasteiger partial charge in [-0.15, -0.1) is 0 Å². The maximum absolute atomic E-state index is 12.8. The molecular weight excluding hydrogens is 829 g/mol. The van der Waals surface area contributed by atoms with E-state index in [1.54, 1.807) is 0 Å². The summed E-state index contributed by atoms with van der Waals surface area (Å²) in [6.07, 6.45) is 76.8. The van der Waals surface area contributed by atoms with Crippen LogP contribution in [0.1, 0.15) is 201 Å². The van der Waals surface area contributed by atoms with Crippen molar-refractivity contribution in [3.63, 3.8) is 0 Å². The van der Waals surface area contributed by atoms with Crippen LogP contribution in [0.15, 0.2) is 146 Å². The highest BCUT2D eigenvalue weighted by molar-refractivity contribution is 5.71. The zero-order valence-electron chi connectivity index (χ0n) is 42.6. The molecule has 0 spiro atoms. The van der Waals surface area contributed by atoms with Gasteiger partial charge in [-0.3, -0.25) is 14.4 Å². The molecule has 0 bridgehead atoms. The van der Waals surface area contributed by atoms with E-state index in [0.29, 0.717) is 19.3 Å². The summed E-state index contributed by atoms with van der Waals surface area (Å²) in [6.45, 7) is 6.26. The minimum atomic E-state index is -0.822. The van der Waals surface area contributed by atoms with E-state index < -0.39 is 6.10 Å². The number of ether oxygens (including phenoxy) is 3. The van der Waals surface area contributed by atoms with E-state index >= 15 is 0 Å². The van der Waals surface area contributed by atoms with Crippen LogP contribution in [0.4, 0.5) is 0 Å². The predicted octanol–water partition coefficient (Wildman–Crippen LogP) is 17.6. The van der Waals surface area contributed by atoms with Crippen molar-refractivity contribution in [2.24, 2.45) is 0 Å². The maximum Gasteiger partial charge on any atom is 0.306 e. The first-order chi connectivity index (χ1) is 33.0. The molecule has 6 nitrogen and oxygen atoms in total. The average Bonchev–Trinajstić information content (AvgIpc) is 3.33. The summed E-state index contributed by atoms with van der Waals surface area (Å²) in [7, 11) is 0. The number of unbranched alkanes of at least 4 members (excludes halogenated alkanes) is 16. The lowest BCUT2D eigenvalue weighted by Gasteiger charge is -2.18. The second-order valence-corrected chi connectivity index (χ2v) is 16.8. The smallest absolute Gasteiger partial charge is 0.306 e. The Morgan fingerprint density at radius 3 is 1.10 bits per heavy atom. The number of hydrogen-bond acceptors (Lipinski definition) is 6. The lowest BCUT2D eigenvalue weighted by Crippen LogP contribution is -2.30. The van der Waals surface area contributed by atoms with Gasteiger partial charge in [0.2, 0.25) is 0 Å². The molecule has 1 atom stereocenters. The first kappa shape index (κ1) is 62.3. The molecule has 0 rings (SSSR count). The number of carbonyl (C=O) groups is 3. The molecule has 0 radical (unpaired) electrons. The lowest BCUT2D eigenvalue weighted by atomic mass is 10.1. The fourth-order valence-electron chi connectivity index (χ4n) is 6.57. The molecule has 0 saturated heterocycles. The van der Waals surface area contributed by atoms with Gasteiger partial charge in [0.25, 0.3) is 0 Å². The summed E-state index contributed by atoms with van der Waals surface area (Å²) in [5.74, 6) is -1.00. The molecule has 0 fully saturated rings. The second-order valence-electron chi connectivity index (χ2n) is 16.8. The van der Waals surface area contributed by atoms with Crippen molar-refractivity contribution < 1.29 is 28.6 Å². The Labute approximate surface area is 410 Å². The summed E-state index contributed by atoms with van der Waals surface area (Å²) in [4.78, 5) is 38.1. The summed E-state index contributed by atoms with van der Waals surface area (Å²) < 4.78 is 16.8. The first-order valence-electron chi connectivity index (χ1n) is 26.4. The van der Waals surface area contributed by atoms with E-state index in [2.05, 4.69) is 142 Å². The fraction of sp³-hybridized carbons (Fsp3) is 0.557. The molecule has 1 unspecified atom stereocenters. The molecule has 0 N–H and O–H groups in total. The van der Waals surface area contributed by atoms with E-state index in [1.807, 2.05) is 24.3 Å². The highest BCUT2D eigenvalue weighted by Gasteiger charge is 2.19. The van der Waals surface area contributed by atoms with Gasteiger partial charge in [-0.1, -0.05) is 224 Å². The van der Waals surface area contributed by atoms with Gasteiger partial charge in [0, 0.05) is 19.3 Å². The second kappa shape index (κ2) is 53.9. The van der Waals surface area contributed by atoms with Crippen molar-refractivity contribution in [2.75, 3.05) is 13.2 Å². The standard InChI is InChI=1S/C61H94O6/c1-4-7-10-13-16-19-22-25-28-30-31-34-36-39-42-45-48-51-54-60(63)66-57-58(56-65-59(62)53-50-47-44-41-38-35-32-27-24-21-18-15-12-9-6-3)67-61(64)55-52-49-46-43-40-37-33-29-26-23-20-17-14-11-8-5-2/h8-9,11-12,15-22,24-32,34,37,40,58H,4-7,10,13-14,23,33,35-36,38-39,41-57H2,1-3H3/b11-8-,12-9-,18-15-,19-16-,20-17-,24-21-,25-22-,29-26-,30-28-,32-27-,34-31-,40-37-. The molecular formula is C61H94O6. The highest BCUT2D eigenvalue weighted by Crippen LogP contribution is 2.12. The SMILES string of the molecule is CC\C=C/C=C\C=C/C=C\CCCCCCCC(=O)OCC(COC(=O)CCCCCCC\C=C/C=C\C=C/C=C\CCCCC)OC(=O)CCCCC/C=C\C/C=C\C/C=C\C/C=C\CC. The zero-order valence-corrected chi connectivity index (χ0v) is 42.6. The van der Waals surface area contributed by atoms with E-state index in [1.165, 1.54) is 19.3 Å². The van der Waals surface area contributed by atoms with Crippen LogP contribution < -0.4 is 0 Å². The molecule has 0 heterocycles. The van der Waals surface area contributed by atoms with E-state index in [0.717, 1.165) is 135 Å². The van der Waals surface area contributed by atoms with E-state index in [-0.39, 0.29) is 37.5 Å². The molecule has 6 heteroatoms. The van der Waals surface area contributed by atoms with E-state index in [9.17, 15) is 14.4 Å². The summed E-state index contributed by atoms with van der Waals surface area (Å²) >= 11 is 0. The molecule has 0 aliphatic heterocycles. The van der Waals surface area contributed by atoms with Gasteiger partial charge in [-0.25, -0.2) is 0 Å². The Balaban J connectivity index is 4.57. The van der Waals surface area contributed by atoms with Crippen molar-refractivity contribution in [1.82, 2.24) is 0 Å². The third-order valence-electron chi connectivity index (χ3n) is 10.5. The van der Waals surface area contributed by atoms with Gasteiger partial charge in [0.05, 0.1) is 0 Å². The normalized spacial score (nSPS) is 13.3. The molecule has 0 aliphatic carbocycles. The minimum absolute atomic E-state index is 0.118. The van der Waals surface area contributed by atoms with Crippen LogP contribution in [-0.4, -0.2) is 37.2 Å². The Kier molecular flexibility index (Phi) is 50.1. The van der Waals surface area contributed by atoms with Crippen LogP contribution in [0.5, 0.6) is 0 Å². The molecule has 0 aromatic heterocycles. The van der Waals surface area contributed by atoms with Crippen LogP contribution >= 0.6 is 0 Å². The summed E-state index contributed by atoms with van der Waals surface area (Å²) in [5.41, 5.74) is 0. The average molecular weight is 923 g/mol. The van der Waals surface area contributed by atoms with Gasteiger partial charge >= 0.3 is 17.9 Å².